The van der Waals surface area contributed by atoms with Crippen molar-refractivity contribution in [3.63, 3.8) is 0 Å². The van der Waals surface area contributed by atoms with Crippen LogP contribution in [0.15, 0.2) is 71.4 Å². The Morgan fingerprint density at radius 3 is 2.26 bits per heavy atom. The maximum Gasteiger partial charge on any atom is 0.335 e. The molecule has 0 radical (unpaired) electrons. The lowest BCUT2D eigenvalue weighted by molar-refractivity contribution is -0.130. The average molecular weight is 252 g/mol. The second kappa shape index (κ2) is 5.73. The van der Waals surface area contributed by atoms with Gasteiger partial charge in [0, 0.05) is 5.56 Å². The van der Waals surface area contributed by atoms with E-state index < -0.39 is 5.97 Å². The summed E-state index contributed by atoms with van der Waals surface area (Å²) in [6.07, 6.45) is 0. The topological polar surface area (TPSA) is 62.0 Å². The van der Waals surface area contributed by atoms with Crippen molar-refractivity contribution < 1.29 is 9.90 Å². The second-order valence-corrected chi connectivity index (χ2v) is 3.84. The summed E-state index contributed by atoms with van der Waals surface area (Å²) < 4.78 is 0. The van der Waals surface area contributed by atoms with Crippen LogP contribution in [0.4, 0.5) is 11.4 Å². The Balaban J connectivity index is 2.33. The van der Waals surface area contributed by atoms with Crippen LogP contribution in [0.3, 0.4) is 0 Å². The standard InChI is InChI=1S/C15H12N2O2/c1-11(15(18)19)13-9-5-6-10-14(13)17-16-12-7-3-2-4-8-12/h2-10H,1H2,(H,18,19). The highest BCUT2D eigenvalue weighted by Crippen LogP contribution is 2.27. The molecule has 1 N–H and O–H groups in total. The molecule has 0 bridgehead atoms. The summed E-state index contributed by atoms with van der Waals surface area (Å²) in [5.41, 5.74) is 1.66. The van der Waals surface area contributed by atoms with Gasteiger partial charge in [0.15, 0.2) is 0 Å². The monoisotopic (exact) mass is 252 g/mol. The summed E-state index contributed by atoms with van der Waals surface area (Å²) >= 11 is 0. The minimum Gasteiger partial charge on any atom is -0.478 e. The van der Waals surface area contributed by atoms with Crippen molar-refractivity contribution in [1.82, 2.24) is 0 Å². The van der Waals surface area contributed by atoms with Gasteiger partial charge >= 0.3 is 5.97 Å². The molecule has 0 aliphatic carbocycles. The number of nitrogens with zero attached hydrogens (tertiary/aromatic N) is 2. The van der Waals surface area contributed by atoms with Gasteiger partial charge in [0.1, 0.15) is 0 Å². The van der Waals surface area contributed by atoms with Crippen molar-refractivity contribution >= 4 is 22.9 Å². The number of rotatable bonds is 4. The number of carboxylic acids is 1. The minimum absolute atomic E-state index is 0.00242. The lowest BCUT2D eigenvalue weighted by atomic mass is 10.1. The SMILES string of the molecule is C=C(C(=O)O)c1ccccc1N=Nc1ccccc1. The first-order chi connectivity index (χ1) is 9.18. The van der Waals surface area contributed by atoms with Gasteiger partial charge in [-0.15, -0.1) is 5.11 Å². The second-order valence-electron chi connectivity index (χ2n) is 3.84. The molecule has 0 saturated heterocycles. The van der Waals surface area contributed by atoms with E-state index in [1.165, 1.54) is 0 Å². The Labute approximate surface area is 110 Å². The molecule has 2 rings (SSSR count). The van der Waals surface area contributed by atoms with E-state index in [0.29, 0.717) is 16.9 Å². The Hall–Kier alpha value is -2.75. The van der Waals surface area contributed by atoms with E-state index in [1.807, 2.05) is 30.3 Å². The molecule has 0 amide bonds. The average Bonchev–Trinajstić information content (AvgIpc) is 2.45. The van der Waals surface area contributed by atoms with Crippen LogP contribution >= 0.6 is 0 Å². The van der Waals surface area contributed by atoms with Gasteiger partial charge in [0.05, 0.1) is 16.9 Å². The van der Waals surface area contributed by atoms with Crippen LogP contribution < -0.4 is 0 Å². The molecule has 0 saturated carbocycles. The van der Waals surface area contributed by atoms with Crippen LogP contribution in [-0.4, -0.2) is 11.1 Å². The minimum atomic E-state index is -1.07. The molecular weight excluding hydrogens is 240 g/mol. The van der Waals surface area contributed by atoms with E-state index in [4.69, 9.17) is 5.11 Å². The molecule has 0 heterocycles. The maximum atomic E-state index is 11.0. The Morgan fingerprint density at radius 2 is 1.58 bits per heavy atom. The van der Waals surface area contributed by atoms with E-state index in [0.717, 1.165) is 0 Å². The first-order valence-electron chi connectivity index (χ1n) is 5.67. The van der Waals surface area contributed by atoms with Crippen molar-refractivity contribution in [1.29, 1.82) is 0 Å². The van der Waals surface area contributed by atoms with Gasteiger partial charge in [0.25, 0.3) is 0 Å². The lowest BCUT2D eigenvalue weighted by Crippen LogP contribution is -1.97. The third-order valence-electron chi connectivity index (χ3n) is 2.52. The van der Waals surface area contributed by atoms with Crippen LogP contribution in [0.2, 0.25) is 0 Å². The molecular formula is C15H12N2O2. The molecule has 94 valence electrons. The van der Waals surface area contributed by atoms with Crippen molar-refractivity contribution in [3.8, 4) is 0 Å². The van der Waals surface area contributed by atoms with Crippen molar-refractivity contribution in [2.24, 2.45) is 10.2 Å². The Bertz CT molecular complexity index is 634. The number of azo groups is 1. The summed E-state index contributed by atoms with van der Waals surface area (Å²) in [5, 5.41) is 17.1. The largest absolute Gasteiger partial charge is 0.478 e. The van der Waals surface area contributed by atoms with Gasteiger partial charge in [-0.2, -0.15) is 5.11 Å². The molecule has 0 atom stereocenters. The van der Waals surface area contributed by atoms with E-state index in [2.05, 4.69) is 16.8 Å². The molecule has 0 aromatic heterocycles. The van der Waals surface area contributed by atoms with Gasteiger partial charge in [-0.3, -0.25) is 0 Å². The Kier molecular flexibility index (Phi) is 3.83. The first kappa shape index (κ1) is 12.7. The fourth-order valence-electron chi connectivity index (χ4n) is 1.54. The molecule has 2 aromatic carbocycles. The number of hydrogen-bond acceptors (Lipinski definition) is 3. The first-order valence-corrected chi connectivity index (χ1v) is 5.67. The third-order valence-corrected chi connectivity index (χ3v) is 2.52. The molecule has 0 spiro atoms. The van der Waals surface area contributed by atoms with Crippen LogP contribution in [0.5, 0.6) is 0 Å². The van der Waals surface area contributed by atoms with Gasteiger partial charge in [-0.1, -0.05) is 43.0 Å². The normalized spacial score (nSPS) is 10.5. The van der Waals surface area contributed by atoms with Crippen LogP contribution in [0.25, 0.3) is 5.57 Å². The highest BCUT2D eigenvalue weighted by atomic mass is 16.4. The van der Waals surface area contributed by atoms with Crippen LogP contribution in [0.1, 0.15) is 5.56 Å². The molecule has 0 unspecified atom stereocenters. The Morgan fingerprint density at radius 1 is 0.947 bits per heavy atom. The summed E-state index contributed by atoms with van der Waals surface area (Å²) in [5.74, 6) is -1.07. The zero-order chi connectivity index (χ0) is 13.7. The maximum absolute atomic E-state index is 11.0. The van der Waals surface area contributed by atoms with Gasteiger partial charge in [-0.05, 0) is 18.2 Å². The number of benzene rings is 2. The van der Waals surface area contributed by atoms with E-state index in [9.17, 15) is 4.79 Å². The molecule has 0 fully saturated rings. The summed E-state index contributed by atoms with van der Waals surface area (Å²) in [6.45, 7) is 3.54. The van der Waals surface area contributed by atoms with Crippen LogP contribution in [0, 0.1) is 0 Å². The summed E-state index contributed by atoms with van der Waals surface area (Å²) in [4.78, 5) is 11.0. The quantitative estimate of drug-likeness (QED) is 0.654. The third kappa shape index (κ3) is 3.13. The zero-order valence-corrected chi connectivity index (χ0v) is 10.2. The number of carbonyl (C=O) groups is 1. The van der Waals surface area contributed by atoms with Crippen molar-refractivity contribution in [3.05, 3.63) is 66.7 Å². The van der Waals surface area contributed by atoms with E-state index in [-0.39, 0.29) is 5.57 Å². The molecule has 4 nitrogen and oxygen atoms in total. The fraction of sp³-hybridized carbons (Fsp3) is 0. The molecule has 2 aromatic rings. The predicted molar refractivity (Wildman–Crippen MR) is 73.7 cm³/mol. The van der Waals surface area contributed by atoms with E-state index in [1.54, 1.807) is 24.3 Å². The molecule has 0 aliphatic rings. The smallest absolute Gasteiger partial charge is 0.335 e. The van der Waals surface area contributed by atoms with Gasteiger partial charge in [0.2, 0.25) is 0 Å². The zero-order valence-electron chi connectivity index (χ0n) is 10.2. The molecule has 4 heteroatoms. The number of carboxylic acid groups (broad SMARTS) is 1. The summed E-state index contributed by atoms with van der Waals surface area (Å²) in [6, 6.07) is 16.1. The van der Waals surface area contributed by atoms with Gasteiger partial charge in [-0.25, -0.2) is 4.79 Å². The van der Waals surface area contributed by atoms with Gasteiger partial charge < -0.3 is 5.11 Å². The fourth-order valence-corrected chi connectivity index (χ4v) is 1.54. The van der Waals surface area contributed by atoms with E-state index >= 15 is 0 Å². The number of aliphatic carboxylic acids is 1. The molecule has 0 aliphatic heterocycles. The van der Waals surface area contributed by atoms with Crippen molar-refractivity contribution in [2.45, 2.75) is 0 Å². The molecule has 19 heavy (non-hydrogen) atoms. The lowest BCUT2D eigenvalue weighted by Gasteiger charge is -2.03. The number of hydrogen-bond donors (Lipinski definition) is 1. The predicted octanol–water partition coefficient (Wildman–Crippen LogP) is 4.20. The highest BCUT2D eigenvalue weighted by Gasteiger charge is 2.11. The summed E-state index contributed by atoms with van der Waals surface area (Å²) in [7, 11) is 0. The highest BCUT2D eigenvalue weighted by molar-refractivity contribution is 6.15. The van der Waals surface area contributed by atoms with Crippen molar-refractivity contribution in [2.75, 3.05) is 0 Å². The van der Waals surface area contributed by atoms with Crippen LogP contribution in [-0.2, 0) is 4.79 Å².